The van der Waals surface area contributed by atoms with Crippen molar-refractivity contribution in [1.29, 1.82) is 0 Å². The third-order valence-electron chi connectivity index (χ3n) is 4.64. The molecule has 4 nitrogen and oxygen atoms in total. The van der Waals surface area contributed by atoms with Crippen molar-refractivity contribution in [2.24, 2.45) is 0 Å². The number of ether oxygens (including phenoxy) is 1. The molecular weight excluding hydrogens is 362 g/mol. The summed E-state index contributed by atoms with van der Waals surface area (Å²) in [5.74, 6) is 0.580. The molecule has 3 aromatic rings. The topological polar surface area (TPSA) is 55.4 Å². The number of carbonyl (C=O) groups excluding carboxylic acids is 2. The molecule has 1 unspecified atom stereocenters. The molecule has 1 atom stereocenters. The van der Waals surface area contributed by atoms with Crippen molar-refractivity contribution in [3.05, 3.63) is 84.4 Å². The highest BCUT2D eigenvalue weighted by molar-refractivity contribution is 5.98. The maximum atomic E-state index is 12.7. The number of benzene rings is 3. The van der Waals surface area contributed by atoms with Crippen LogP contribution in [0.15, 0.2) is 78.9 Å². The Balaban J connectivity index is 1.64. The highest BCUT2D eigenvalue weighted by atomic mass is 16.5. The summed E-state index contributed by atoms with van der Waals surface area (Å²) in [6.07, 6.45) is 0.587. The Labute approximate surface area is 171 Å². The van der Waals surface area contributed by atoms with Crippen LogP contribution in [-0.4, -0.2) is 17.8 Å². The third-order valence-corrected chi connectivity index (χ3v) is 4.64. The van der Waals surface area contributed by atoms with E-state index in [1.165, 1.54) is 0 Å². The van der Waals surface area contributed by atoms with Crippen molar-refractivity contribution < 1.29 is 14.3 Å². The number of para-hydroxylation sites is 1. The number of ketones is 1. The van der Waals surface area contributed by atoms with Gasteiger partial charge in [0.05, 0.1) is 0 Å². The molecule has 3 aromatic carbocycles. The van der Waals surface area contributed by atoms with Gasteiger partial charge in [-0.3, -0.25) is 4.79 Å². The molecule has 0 bridgehead atoms. The number of anilines is 1. The van der Waals surface area contributed by atoms with E-state index in [-0.39, 0.29) is 11.7 Å². The number of nitrogens with one attached hydrogen (secondary N) is 1. The SMILES string of the molecule is CC(=O)CCc1ccc(OC(C)C(=O)Nc2ccccc2-c2ccccc2)cc1. The zero-order valence-corrected chi connectivity index (χ0v) is 16.7. The Kier molecular flexibility index (Phi) is 6.80. The van der Waals surface area contributed by atoms with E-state index in [2.05, 4.69) is 5.32 Å². The molecule has 0 spiro atoms. The normalized spacial score (nSPS) is 11.5. The van der Waals surface area contributed by atoms with Crippen LogP contribution in [0.4, 0.5) is 5.69 Å². The molecule has 0 saturated carbocycles. The van der Waals surface area contributed by atoms with E-state index in [1.807, 2.05) is 78.9 Å². The van der Waals surface area contributed by atoms with Crippen LogP contribution in [-0.2, 0) is 16.0 Å². The molecule has 0 radical (unpaired) electrons. The van der Waals surface area contributed by atoms with E-state index in [4.69, 9.17) is 4.74 Å². The molecule has 0 saturated heterocycles. The first-order valence-corrected chi connectivity index (χ1v) is 9.73. The molecule has 0 aliphatic carbocycles. The predicted octanol–water partition coefficient (Wildman–Crippen LogP) is 5.28. The van der Waals surface area contributed by atoms with Crippen molar-refractivity contribution in [2.45, 2.75) is 32.8 Å². The summed E-state index contributed by atoms with van der Waals surface area (Å²) in [6.45, 7) is 3.32. The predicted molar refractivity (Wildman–Crippen MR) is 116 cm³/mol. The molecule has 0 fully saturated rings. The zero-order chi connectivity index (χ0) is 20.6. The summed E-state index contributed by atoms with van der Waals surface area (Å²) in [5, 5.41) is 2.97. The number of Topliss-reactive ketones (excluding diaryl/α,β-unsaturated/α-hetero) is 1. The van der Waals surface area contributed by atoms with E-state index in [1.54, 1.807) is 13.8 Å². The monoisotopic (exact) mass is 387 g/mol. The first kappa shape index (κ1) is 20.3. The van der Waals surface area contributed by atoms with Crippen LogP contribution < -0.4 is 10.1 Å². The van der Waals surface area contributed by atoms with Crippen LogP contribution in [0.5, 0.6) is 5.75 Å². The lowest BCUT2D eigenvalue weighted by atomic mass is 10.0. The number of rotatable bonds is 8. The number of hydrogen-bond acceptors (Lipinski definition) is 3. The van der Waals surface area contributed by atoms with Crippen LogP contribution in [0.3, 0.4) is 0 Å². The fraction of sp³-hybridized carbons (Fsp3) is 0.200. The lowest BCUT2D eigenvalue weighted by molar-refractivity contribution is -0.122. The van der Waals surface area contributed by atoms with Crippen LogP contribution >= 0.6 is 0 Å². The highest BCUT2D eigenvalue weighted by Gasteiger charge is 2.16. The summed E-state index contributed by atoms with van der Waals surface area (Å²) >= 11 is 0. The van der Waals surface area contributed by atoms with Gasteiger partial charge in [0, 0.05) is 17.7 Å². The maximum absolute atomic E-state index is 12.7. The first-order chi connectivity index (χ1) is 14.0. The fourth-order valence-corrected chi connectivity index (χ4v) is 3.01. The number of hydrogen-bond donors (Lipinski definition) is 1. The molecule has 0 aliphatic rings. The smallest absolute Gasteiger partial charge is 0.265 e. The third kappa shape index (κ3) is 5.79. The average Bonchev–Trinajstić information content (AvgIpc) is 2.74. The average molecular weight is 387 g/mol. The van der Waals surface area contributed by atoms with Gasteiger partial charge in [0.2, 0.25) is 0 Å². The minimum atomic E-state index is -0.651. The molecule has 1 amide bonds. The molecule has 0 aromatic heterocycles. The van der Waals surface area contributed by atoms with Crippen molar-refractivity contribution in [3.8, 4) is 16.9 Å². The van der Waals surface area contributed by atoms with Gasteiger partial charge in [0.25, 0.3) is 5.91 Å². The molecule has 29 heavy (non-hydrogen) atoms. The summed E-state index contributed by atoms with van der Waals surface area (Å²) in [7, 11) is 0. The summed E-state index contributed by atoms with van der Waals surface area (Å²) in [5.41, 5.74) is 3.82. The van der Waals surface area contributed by atoms with Gasteiger partial charge in [-0.25, -0.2) is 0 Å². The molecule has 3 rings (SSSR count). The quantitative estimate of drug-likeness (QED) is 0.572. The Morgan fingerprint density at radius 1 is 0.897 bits per heavy atom. The van der Waals surface area contributed by atoms with E-state index in [9.17, 15) is 9.59 Å². The van der Waals surface area contributed by atoms with Gasteiger partial charge < -0.3 is 14.8 Å². The molecule has 0 heterocycles. The number of aryl methyl sites for hydroxylation is 1. The van der Waals surface area contributed by atoms with Gasteiger partial charge in [-0.05, 0) is 49.6 Å². The van der Waals surface area contributed by atoms with E-state index in [0.29, 0.717) is 18.6 Å². The largest absolute Gasteiger partial charge is 0.481 e. The number of carbonyl (C=O) groups is 2. The van der Waals surface area contributed by atoms with Crippen molar-refractivity contribution in [2.75, 3.05) is 5.32 Å². The molecule has 148 valence electrons. The van der Waals surface area contributed by atoms with E-state index >= 15 is 0 Å². The maximum Gasteiger partial charge on any atom is 0.265 e. The van der Waals surface area contributed by atoms with Crippen LogP contribution in [0.25, 0.3) is 11.1 Å². The van der Waals surface area contributed by atoms with Crippen molar-refractivity contribution in [3.63, 3.8) is 0 Å². The summed E-state index contributed by atoms with van der Waals surface area (Å²) in [4.78, 5) is 23.8. The van der Waals surface area contributed by atoms with E-state index in [0.717, 1.165) is 22.4 Å². The molecule has 0 aliphatic heterocycles. The van der Waals surface area contributed by atoms with E-state index < -0.39 is 6.10 Å². The minimum absolute atomic E-state index is 0.173. The Morgan fingerprint density at radius 3 is 2.24 bits per heavy atom. The van der Waals surface area contributed by atoms with Crippen molar-refractivity contribution >= 4 is 17.4 Å². The van der Waals surface area contributed by atoms with Gasteiger partial charge in [-0.15, -0.1) is 0 Å². The summed E-state index contributed by atoms with van der Waals surface area (Å²) in [6, 6.07) is 25.2. The Morgan fingerprint density at radius 2 is 1.55 bits per heavy atom. The second kappa shape index (κ2) is 9.69. The van der Waals surface area contributed by atoms with Gasteiger partial charge in [-0.2, -0.15) is 0 Å². The Hall–Kier alpha value is -3.40. The zero-order valence-electron chi connectivity index (χ0n) is 16.7. The van der Waals surface area contributed by atoms with Crippen LogP contribution in [0.1, 0.15) is 25.8 Å². The summed E-state index contributed by atoms with van der Waals surface area (Å²) < 4.78 is 5.80. The lowest BCUT2D eigenvalue weighted by Crippen LogP contribution is -2.30. The Bertz CT molecular complexity index is 965. The fourth-order valence-electron chi connectivity index (χ4n) is 3.01. The van der Waals surface area contributed by atoms with Gasteiger partial charge >= 0.3 is 0 Å². The van der Waals surface area contributed by atoms with Gasteiger partial charge in [-0.1, -0.05) is 60.7 Å². The highest BCUT2D eigenvalue weighted by Crippen LogP contribution is 2.27. The first-order valence-electron chi connectivity index (χ1n) is 9.73. The number of amides is 1. The second-order valence-corrected chi connectivity index (χ2v) is 7.01. The molecular formula is C25H25NO3. The lowest BCUT2D eigenvalue weighted by Gasteiger charge is -2.17. The molecule has 4 heteroatoms. The second-order valence-electron chi connectivity index (χ2n) is 7.01. The van der Waals surface area contributed by atoms with Crippen molar-refractivity contribution in [1.82, 2.24) is 0 Å². The van der Waals surface area contributed by atoms with Crippen LogP contribution in [0, 0.1) is 0 Å². The van der Waals surface area contributed by atoms with Gasteiger partial charge in [0.1, 0.15) is 11.5 Å². The van der Waals surface area contributed by atoms with Crippen LogP contribution in [0.2, 0.25) is 0 Å². The van der Waals surface area contributed by atoms with Gasteiger partial charge in [0.15, 0.2) is 6.10 Å². The minimum Gasteiger partial charge on any atom is -0.481 e. The standard InChI is InChI=1S/C25H25NO3/c1-18(27)12-13-20-14-16-22(17-15-20)29-19(2)25(28)26-24-11-7-6-10-23(24)21-8-4-3-5-9-21/h3-11,14-17,19H,12-13H2,1-2H3,(H,26,28). The molecule has 1 N–H and O–H groups in total.